The molecule has 0 radical (unpaired) electrons. The van der Waals surface area contributed by atoms with Gasteiger partial charge in [0.1, 0.15) is 5.69 Å². The van der Waals surface area contributed by atoms with Crippen LogP contribution >= 0.6 is 0 Å². The maximum absolute atomic E-state index is 11.3. The van der Waals surface area contributed by atoms with Gasteiger partial charge in [0, 0.05) is 19.3 Å². The van der Waals surface area contributed by atoms with Crippen LogP contribution in [0.5, 0.6) is 0 Å². The molecule has 0 unspecified atom stereocenters. The van der Waals surface area contributed by atoms with E-state index in [1.54, 1.807) is 18.3 Å². The quantitative estimate of drug-likeness (QED) is 0.813. The summed E-state index contributed by atoms with van der Waals surface area (Å²) in [7, 11) is -3.12. The predicted molar refractivity (Wildman–Crippen MR) is 66.7 cm³/mol. The maximum Gasteiger partial charge on any atom is 0.232 e. The second kappa shape index (κ2) is 4.39. The van der Waals surface area contributed by atoms with Crippen LogP contribution in [0.1, 0.15) is 11.8 Å². The predicted octanol–water partition coefficient (Wildman–Crippen LogP) is 0.490. The van der Waals surface area contributed by atoms with Crippen LogP contribution in [-0.2, 0) is 10.0 Å². The van der Waals surface area contributed by atoms with Gasteiger partial charge in [-0.25, -0.2) is 12.7 Å². The Labute approximate surface area is 110 Å². The van der Waals surface area contributed by atoms with Gasteiger partial charge in [0.2, 0.25) is 21.7 Å². The van der Waals surface area contributed by atoms with E-state index in [-0.39, 0.29) is 5.92 Å². The van der Waals surface area contributed by atoms with E-state index in [1.807, 2.05) is 6.07 Å². The van der Waals surface area contributed by atoms with Crippen LogP contribution in [0.3, 0.4) is 0 Å². The molecule has 3 heterocycles. The van der Waals surface area contributed by atoms with Crippen molar-refractivity contribution in [2.24, 2.45) is 0 Å². The highest BCUT2D eigenvalue weighted by molar-refractivity contribution is 7.88. The lowest BCUT2D eigenvalue weighted by molar-refractivity contribution is 0.218. The first-order valence-corrected chi connectivity index (χ1v) is 7.59. The number of sulfonamides is 1. The van der Waals surface area contributed by atoms with Crippen molar-refractivity contribution in [3.63, 3.8) is 0 Å². The first kappa shape index (κ1) is 12.2. The zero-order chi connectivity index (χ0) is 13.5. The van der Waals surface area contributed by atoms with Gasteiger partial charge in [-0.2, -0.15) is 4.98 Å². The molecule has 0 saturated carbocycles. The molecular weight excluding hydrogens is 268 g/mol. The van der Waals surface area contributed by atoms with Crippen LogP contribution in [-0.4, -0.2) is 47.2 Å². The summed E-state index contributed by atoms with van der Waals surface area (Å²) in [6, 6.07) is 5.44. The first-order valence-electron chi connectivity index (χ1n) is 5.74. The van der Waals surface area contributed by atoms with Crippen molar-refractivity contribution in [1.29, 1.82) is 0 Å². The van der Waals surface area contributed by atoms with E-state index in [4.69, 9.17) is 4.52 Å². The average Bonchev–Trinajstić information content (AvgIpc) is 2.75. The molecule has 19 heavy (non-hydrogen) atoms. The number of aromatic nitrogens is 3. The van der Waals surface area contributed by atoms with Crippen LogP contribution in [0.2, 0.25) is 0 Å². The molecule has 2 aromatic rings. The number of hydrogen-bond acceptors (Lipinski definition) is 6. The summed E-state index contributed by atoms with van der Waals surface area (Å²) < 4.78 is 29.1. The van der Waals surface area contributed by atoms with Crippen LogP contribution in [0.15, 0.2) is 28.9 Å². The lowest BCUT2D eigenvalue weighted by Gasteiger charge is -2.34. The van der Waals surface area contributed by atoms with Crippen molar-refractivity contribution in [1.82, 2.24) is 19.4 Å². The van der Waals surface area contributed by atoms with E-state index < -0.39 is 10.0 Å². The summed E-state index contributed by atoms with van der Waals surface area (Å²) in [5.41, 5.74) is 0.636. The summed E-state index contributed by atoms with van der Waals surface area (Å²) >= 11 is 0. The van der Waals surface area contributed by atoms with E-state index in [9.17, 15) is 8.42 Å². The van der Waals surface area contributed by atoms with Crippen LogP contribution < -0.4 is 0 Å². The molecule has 2 aromatic heterocycles. The third kappa shape index (κ3) is 2.36. The standard InChI is InChI=1S/C11H12N4O3S/c1-19(16,17)15-6-8(7-15)11-13-10(14-18-11)9-4-2-3-5-12-9/h2-5,8H,6-7H2,1H3. The molecule has 100 valence electrons. The highest BCUT2D eigenvalue weighted by Gasteiger charge is 2.37. The lowest BCUT2D eigenvalue weighted by atomic mass is 10.0. The largest absolute Gasteiger partial charge is 0.339 e. The molecule has 0 atom stereocenters. The van der Waals surface area contributed by atoms with E-state index in [2.05, 4.69) is 15.1 Å². The average molecular weight is 280 g/mol. The minimum Gasteiger partial charge on any atom is -0.339 e. The topological polar surface area (TPSA) is 89.2 Å². The maximum atomic E-state index is 11.3. The minimum atomic E-state index is -3.12. The van der Waals surface area contributed by atoms with Crippen LogP contribution in [0.4, 0.5) is 0 Å². The fraction of sp³-hybridized carbons (Fsp3) is 0.364. The van der Waals surface area contributed by atoms with E-state index in [0.717, 1.165) is 0 Å². The third-order valence-electron chi connectivity index (χ3n) is 3.00. The van der Waals surface area contributed by atoms with Gasteiger partial charge in [-0.3, -0.25) is 4.98 Å². The van der Waals surface area contributed by atoms with Crippen molar-refractivity contribution in [3.05, 3.63) is 30.3 Å². The van der Waals surface area contributed by atoms with Crippen LogP contribution in [0.25, 0.3) is 11.5 Å². The molecule has 0 spiro atoms. The summed E-state index contributed by atoms with van der Waals surface area (Å²) in [6.45, 7) is 0.783. The summed E-state index contributed by atoms with van der Waals surface area (Å²) in [4.78, 5) is 8.39. The fourth-order valence-electron chi connectivity index (χ4n) is 1.87. The SMILES string of the molecule is CS(=O)(=O)N1CC(c2nc(-c3ccccn3)no2)C1. The van der Waals surface area contributed by atoms with Gasteiger partial charge in [0.25, 0.3) is 0 Å². The van der Waals surface area contributed by atoms with Crippen molar-refractivity contribution in [2.75, 3.05) is 19.3 Å². The Balaban J connectivity index is 1.74. The normalized spacial score (nSPS) is 17.3. The van der Waals surface area contributed by atoms with Crippen LogP contribution in [0, 0.1) is 0 Å². The van der Waals surface area contributed by atoms with E-state index >= 15 is 0 Å². The molecule has 0 amide bonds. The molecule has 1 aliphatic heterocycles. The molecular formula is C11H12N4O3S. The Morgan fingerprint density at radius 1 is 1.37 bits per heavy atom. The number of rotatable bonds is 3. The van der Waals surface area contributed by atoms with Gasteiger partial charge in [0.15, 0.2) is 0 Å². The van der Waals surface area contributed by atoms with Crippen molar-refractivity contribution in [3.8, 4) is 11.5 Å². The lowest BCUT2D eigenvalue weighted by Crippen LogP contribution is -2.47. The molecule has 0 aliphatic carbocycles. The zero-order valence-corrected chi connectivity index (χ0v) is 11.0. The Morgan fingerprint density at radius 2 is 2.16 bits per heavy atom. The molecule has 0 N–H and O–H groups in total. The smallest absolute Gasteiger partial charge is 0.232 e. The van der Waals surface area contributed by atoms with Gasteiger partial charge >= 0.3 is 0 Å². The van der Waals surface area contributed by atoms with Gasteiger partial charge in [0.05, 0.1) is 12.2 Å². The third-order valence-corrected chi connectivity index (χ3v) is 4.24. The Morgan fingerprint density at radius 3 is 2.79 bits per heavy atom. The molecule has 8 heteroatoms. The molecule has 1 saturated heterocycles. The molecule has 1 aliphatic rings. The first-order chi connectivity index (χ1) is 9.04. The number of pyridine rings is 1. The van der Waals surface area contributed by atoms with Crippen molar-refractivity contribution >= 4 is 10.0 Å². The Bertz CT molecular complexity index is 677. The fourth-order valence-corrected chi connectivity index (χ4v) is 2.77. The molecule has 7 nitrogen and oxygen atoms in total. The Hall–Kier alpha value is -1.80. The van der Waals surface area contributed by atoms with Crippen molar-refractivity contribution < 1.29 is 12.9 Å². The second-order valence-electron chi connectivity index (χ2n) is 4.45. The second-order valence-corrected chi connectivity index (χ2v) is 6.43. The monoisotopic (exact) mass is 280 g/mol. The van der Waals surface area contributed by atoms with E-state index in [0.29, 0.717) is 30.5 Å². The molecule has 0 aromatic carbocycles. The van der Waals surface area contributed by atoms with E-state index in [1.165, 1.54) is 10.6 Å². The molecule has 3 rings (SSSR count). The van der Waals surface area contributed by atoms with Gasteiger partial charge in [-0.1, -0.05) is 11.2 Å². The molecule has 1 fully saturated rings. The van der Waals surface area contributed by atoms with Gasteiger partial charge < -0.3 is 4.52 Å². The van der Waals surface area contributed by atoms with Gasteiger partial charge in [-0.15, -0.1) is 0 Å². The van der Waals surface area contributed by atoms with Crippen molar-refractivity contribution in [2.45, 2.75) is 5.92 Å². The number of hydrogen-bond donors (Lipinski definition) is 0. The Kier molecular flexibility index (Phi) is 2.83. The zero-order valence-electron chi connectivity index (χ0n) is 10.2. The molecule has 0 bridgehead atoms. The number of nitrogens with zero attached hydrogens (tertiary/aromatic N) is 4. The highest BCUT2D eigenvalue weighted by Crippen LogP contribution is 2.28. The minimum absolute atomic E-state index is 0.0281. The summed E-state index contributed by atoms with van der Waals surface area (Å²) in [5, 5.41) is 3.86. The summed E-state index contributed by atoms with van der Waals surface area (Å²) in [6.07, 6.45) is 2.84. The van der Waals surface area contributed by atoms with Gasteiger partial charge in [-0.05, 0) is 12.1 Å². The summed E-state index contributed by atoms with van der Waals surface area (Å²) in [5.74, 6) is 0.855. The highest BCUT2D eigenvalue weighted by atomic mass is 32.2.